The molecule has 1 aromatic heterocycles. The van der Waals surface area contributed by atoms with Gasteiger partial charge in [-0.1, -0.05) is 17.4 Å². The van der Waals surface area contributed by atoms with Crippen LogP contribution in [-0.4, -0.2) is 55.6 Å². The van der Waals surface area contributed by atoms with Crippen LogP contribution in [0.3, 0.4) is 0 Å². The molecule has 8 nitrogen and oxygen atoms in total. The Kier molecular flexibility index (Phi) is 6.35. The van der Waals surface area contributed by atoms with Gasteiger partial charge in [-0.15, -0.1) is 6.58 Å². The number of carbonyl (C=O) groups is 2. The van der Waals surface area contributed by atoms with Crippen LogP contribution in [0.2, 0.25) is 0 Å². The highest BCUT2D eigenvalue weighted by Gasteiger charge is 2.29. The SMILES string of the molecule is C=CCn1c(=NC(=O)C2CCN(S(C)(=O)=O)CC2)sc2cc(C(=O)OC)ccc21. The normalized spacial score (nSPS) is 16.8. The van der Waals surface area contributed by atoms with Crippen LogP contribution in [0.5, 0.6) is 0 Å². The first-order valence-corrected chi connectivity index (χ1v) is 11.8. The van der Waals surface area contributed by atoms with Gasteiger partial charge in [0.2, 0.25) is 10.0 Å². The summed E-state index contributed by atoms with van der Waals surface area (Å²) in [6.45, 7) is 4.88. The quantitative estimate of drug-likeness (QED) is 0.525. The van der Waals surface area contributed by atoms with Gasteiger partial charge in [-0.25, -0.2) is 17.5 Å². The van der Waals surface area contributed by atoms with Gasteiger partial charge in [-0.2, -0.15) is 4.99 Å². The lowest BCUT2D eigenvalue weighted by atomic mass is 9.98. The summed E-state index contributed by atoms with van der Waals surface area (Å²) in [5.41, 5.74) is 1.28. The molecule has 0 bridgehead atoms. The number of aromatic nitrogens is 1. The van der Waals surface area contributed by atoms with E-state index in [0.717, 1.165) is 10.2 Å². The topological polar surface area (TPSA) is 98.0 Å². The molecule has 3 rings (SSSR count). The van der Waals surface area contributed by atoms with Crippen molar-refractivity contribution in [2.24, 2.45) is 10.9 Å². The molecule has 10 heteroatoms. The molecule has 2 heterocycles. The second-order valence-electron chi connectivity index (χ2n) is 6.84. The lowest BCUT2D eigenvalue weighted by Gasteiger charge is -2.28. The Balaban J connectivity index is 1.92. The summed E-state index contributed by atoms with van der Waals surface area (Å²) in [5.74, 6) is -0.987. The summed E-state index contributed by atoms with van der Waals surface area (Å²) < 4.78 is 32.1. The molecule has 1 aromatic carbocycles. The van der Waals surface area contributed by atoms with Gasteiger partial charge in [0.05, 0.1) is 29.1 Å². The molecule has 156 valence electrons. The van der Waals surface area contributed by atoms with Crippen molar-refractivity contribution in [3.8, 4) is 0 Å². The van der Waals surface area contributed by atoms with Gasteiger partial charge in [0.1, 0.15) is 0 Å². The van der Waals surface area contributed by atoms with Crippen molar-refractivity contribution < 1.29 is 22.7 Å². The van der Waals surface area contributed by atoms with Crippen LogP contribution in [0.4, 0.5) is 0 Å². The smallest absolute Gasteiger partial charge is 0.337 e. The highest BCUT2D eigenvalue weighted by Crippen LogP contribution is 2.22. The number of ether oxygens (including phenoxy) is 1. The van der Waals surface area contributed by atoms with Crippen molar-refractivity contribution in [1.29, 1.82) is 0 Å². The van der Waals surface area contributed by atoms with E-state index in [2.05, 4.69) is 11.6 Å². The van der Waals surface area contributed by atoms with Gasteiger partial charge < -0.3 is 9.30 Å². The lowest BCUT2D eigenvalue weighted by Crippen LogP contribution is -2.39. The number of nitrogens with zero attached hydrogens (tertiary/aromatic N) is 3. The van der Waals surface area contributed by atoms with Crippen molar-refractivity contribution in [2.45, 2.75) is 19.4 Å². The first-order valence-electron chi connectivity index (χ1n) is 9.11. The molecule has 1 aliphatic heterocycles. The summed E-state index contributed by atoms with van der Waals surface area (Å²) in [5, 5.41) is 0. The maximum atomic E-state index is 12.7. The molecule has 0 N–H and O–H groups in total. The molecular formula is C19H23N3O5S2. The summed E-state index contributed by atoms with van der Waals surface area (Å²) in [4.78, 5) is 29.4. The first kappa shape index (κ1) is 21.4. The molecule has 1 fully saturated rings. The number of benzene rings is 1. The van der Waals surface area contributed by atoms with E-state index in [1.165, 1.54) is 29.0 Å². The minimum Gasteiger partial charge on any atom is -0.465 e. The molecule has 1 aliphatic rings. The Labute approximate surface area is 173 Å². The van der Waals surface area contributed by atoms with Gasteiger partial charge in [-0.3, -0.25) is 4.79 Å². The molecule has 0 radical (unpaired) electrons. The van der Waals surface area contributed by atoms with Crippen LogP contribution in [0.1, 0.15) is 23.2 Å². The number of carbonyl (C=O) groups excluding carboxylic acids is 2. The molecule has 0 spiro atoms. The minimum atomic E-state index is -3.24. The number of piperidine rings is 1. The third kappa shape index (κ3) is 4.65. The fourth-order valence-corrected chi connectivity index (χ4v) is 5.29. The van der Waals surface area contributed by atoms with Crippen LogP contribution in [0.15, 0.2) is 35.8 Å². The third-order valence-electron chi connectivity index (χ3n) is 4.89. The Morgan fingerprint density at radius 2 is 2.03 bits per heavy atom. The van der Waals surface area contributed by atoms with Gasteiger partial charge in [-0.05, 0) is 31.0 Å². The molecule has 1 saturated heterocycles. The zero-order chi connectivity index (χ0) is 21.2. The fourth-order valence-electron chi connectivity index (χ4n) is 3.33. The zero-order valence-electron chi connectivity index (χ0n) is 16.3. The zero-order valence-corrected chi connectivity index (χ0v) is 18.0. The molecule has 2 aromatic rings. The molecule has 1 amide bonds. The van der Waals surface area contributed by atoms with E-state index in [0.29, 0.717) is 42.8 Å². The predicted octanol–water partition coefficient (Wildman–Crippen LogP) is 1.77. The number of fused-ring (bicyclic) bond motifs is 1. The van der Waals surface area contributed by atoms with Crippen LogP contribution >= 0.6 is 11.3 Å². The highest BCUT2D eigenvalue weighted by atomic mass is 32.2. The highest BCUT2D eigenvalue weighted by molar-refractivity contribution is 7.88. The predicted molar refractivity (Wildman–Crippen MR) is 111 cm³/mol. The number of sulfonamides is 1. The lowest BCUT2D eigenvalue weighted by molar-refractivity contribution is -0.122. The van der Waals surface area contributed by atoms with Crippen LogP contribution in [-0.2, 0) is 26.1 Å². The van der Waals surface area contributed by atoms with Crippen LogP contribution < -0.4 is 4.80 Å². The van der Waals surface area contributed by atoms with E-state index in [4.69, 9.17) is 4.74 Å². The second-order valence-corrected chi connectivity index (χ2v) is 9.84. The van der Waals surface area contributed by atoms with E-state index in [1.807, 2.05) is 4.57 Å². The maximum absolute atomic E-state index is 12.7. The van der Waals surface area contributed by atoms with Crippen molar-refractivity contribution in [3.05, 3.63) is 41.2 Å². The molecule has 0 saturated carbocycles. The van der Waals surface area contributed by atoms with Gasteiger partial charge >= 0.3 is 5.97 Å². The summed E-state index contributed by atoms with van der Waals surface area (Å²) in [7, 11) is -1.91. The van der Waals surface area contributed by atoms with E-state index in [9.17, 15) is 18.0 Å². The number of hydrogen-bond donors (Lipinski definition) is 0. The van der Waals surface area contributed by atoms with E-state index >= 15 is 0 Å². The van der Waals surface area contributed by atoms with E-state index in [-0.39, 0.29) is 11.8 Å². The Morgan fingerprint density at radius 3 is 2.62 bits per heavy atom. The van der Waals surface area contributed by atoms with E-state index in [1.54, 1.807) is 24.3 Å². The van der Waals surface area contributed by atoms with Crippen LogP contribution in [0.25, 0.3) is 10.2 Å². The average molecular weight is 438 g/mol. The Hall–Kier alpha value is -2.30. The van der Waals surface area contributed by atoms with E-state index < -0.39 is 16.0 Å². The standard InChI is InChI=1S/C19H23N3O5S2/c1-4-9-22-15-6-5-14(18(24)27-2)12-16(15)28-19(22)20-17(23)13-7-10-21(11-8-13)29(3,25)26/h4-6,12-13H,1,7-11H2,2-3H3. The van der Waals surface area contributed by atoms with Crippen LogP contribution in [0, 0.1) is 5.92 Å². The third-order valence-corrected chi connectivity index (χ3v) is 7.24. The minimum absolute atomic E-state index is 0.254. The number of allylic oxidation sites excluding steroid dienone is 1. The summed E-state index contributed by atoms with van der Waals surface area (Å²) in [6, 6.07) is 5.20. The number of thiazole rings is 1. The largest absolute Gasteiger partial charge is 0.465 e. The fraction of sp³-hybridized carbons (Fsp3) is 0.421. The summed E-state index contributed by atoms with van der Waals surface area (Å²) >= 11 is 1.32. The molecule has 0 aliphatic carbocycles. The van der Waals surface area contributed by atoms with Gasteiger partial charge in [0.15, 0.2) is 4.80 Å². The number of amides is 1. The van der Waals surface area contributed by atoms with Crippen molar-refractivity contribution in [2.75, 3.05) is 26.5 Å². The summed E-state index contributed by atoms with van der Waals surface area (Å²) in [6.07, 6.45) is 3.80. The number of rotatable bonds is 5. The number of hydrogen-bond acceptors (Lipinski definition) is 6. The van der Waals surface area contributed by atoms with Gasteiger partial charge in [0.25, 0.3) is 5.91 Å². The Morgan fingerprint density at radius 1 is 1.34 bits per heavy atom. The Bertz CT molecular complexity index is 1120. The van der Waals surface area contributed by atoms with Crippen molar-refractivity contribution in [1.82, 2.24) is 8.87 Å². The number of methoxy groups -OCH3 is 1. The van der Waals surface area contributed by atoms with Crippen molar-refractivity contribution in [3.63, 3.8) is 0 Å². The molecule has 0 unspecified atom stereocenters. The molecule has 29 heavy (non-hydrogen) atoms. The monoisotopic (exact) mass is 437 g/mol. The molecular weight excluding hydrogens is 414 g/mol. The first-order chi connectivity index (χ1) is 13.7. The average Bonchev–Trinajstić information content (AvgIpc) is 3.03. The van der Waals surface area contributed by atoms with Crippen molar-refractivity contribution >= 4 is 43.5 Å². The second kappa shape index (κ2) is 8.60. The number of esters is 1. The maximum Gasteiger partial charge on any atom is 0.337 e. The molecule has 0 atom stereocenters. The van der Waals surface area contributed by atoms with Gasteiger partial charge in [0, 0.05) is 25.6 Å².